The van der Waals surface area contributed by atoms with Crippen LogP contribution in [0.25, 0.3) is 6.08 Å². The number of thioether (sulfide) groups is 1. The maximum absolute atomic E-state index is 12.9. The van der Waals surface area contributed by atoms with E-state index in [0.29, 0.717) is 44.1 Å². The highest BCUT2D eigenvalue weighted by Gasteiger charge is 2.36. The summed E-state index contributed by atoms with van der Waals surface area (Å²) in [5, 5.41) is 0.0172. The van der Waals surface area contributed by atoms with Crippen LogP contribution < -0.4 is 18.9 Å². The molecule has 7 nitrogen and oxygen atoms in total. The second-order valence-electron chi connectivity index (χ2n) is 6.15. The van der Waals surface area contributed by atoms with Crippen LogP contribution in [0.2, 0.25) is 5.02 Å². The zero-order valence-corrected chi connectivity index (χ0v) is 17.1. The fourth-order valence-electron chi connectivity index (χ4n) is 3.05. The summed E-state index contributed by atoms with van der Waals surface area (Å²) in [6.45, 7) is 0.147. The first kappa shape index (κ1) is 19.5. The molecule has 2 aliphatic heterocycles. The molecule has 2 aliphatic rings. The number of imide groups is 1. The van der Waals surface area contributed by atoms with Crippen molar-refractivity contribution in [3.05, 3.63) is 51.4 Å². The number of carbonyl (C=O) groups excluding carboxylic acids is 2. The van der Waals surface area contributed by atoms with Gasteiger partial charge >= 0.3 is 0 Å². The molecule has 0 saturated carbocycles. The van der Waals surface area contributed by atoms with Crippen molar-refractivity contribution < 1.29 is 28.5 Å². The molecule has 29 heavy (non-hydrogen) atoms. The van der Waals surface area contributed by atoms with Crippen molar-refractivity contribution in [3.8, 4) is 23.0 Å². The van der Waals surface area contributed by atoms with Crippen LogP contribution in [0.3, 0.4) is 0 Å². The van der Waals surface area contributed by atoms with Gasteiger partial charge in [-0.25, -0.2) is 0 Å². The molecule has 0 radical (unpaired) electrons. The van der Waals surface area contributed by atoms with E-state index in [9.17, 15) is 9.59 Å². The maximum atomic E-state index is 12.9. The van der Waals surface area contributed by atoms with E-state index in [1.807, 2.05) is 0 Å². The van der Waals surface area contributed by atoms with E-state index < -0.39 is 5.91 Å². The topological polar surface area (TPSA) is 74.3 Å². The fraction of sp³-hybridized carbons (Fsp3) is 0.200. The van der Waals surface area contributed by atoms with Crippen molar-refractivity contribution in [1.82, 2.24) is 4.90 Å². The molecule has 150 valence electrons. The van der Waals surface area contributed by atoms with Gasteiger partial charge in [-0.3, -0.25) is 14.5 Å². The Morgan fingerprint density at radius 1 is 1.17 bits per heavy atom. The van der Waals surface area contributed by atoms with Crippen LogP contribution in [0, 0.1) is 0 Å². The normalized spacial score (nSPS) is 16.7. The number of hydrogen-bond donors (Lipinski definition) is 0. The summed E-state index contributed by atoms with van der Waals surface area (Å²) in [7, 11) is 3.05. The van der Waals surface area contributed by atoms with Crippen molar-refractivity contribution in [2.24, 2.45) is 0 Å². The number of ether oxygens (including phenoxy) is 4. The predicted octanol–water partition coefficient (Wildman–Crippen LogP) is 4.32. The van der Waals surface area contributed by atoms with Gasteiger partial charge in [0.2, 0.25) is 6.79 Å². The van der Waals surface area contributed by atoms with Gasteiger partial charge in [0.25, 0.3) is 11.1 Å². The van der Waals surface area contributed by atoms with Crippen LogP contribution in [0.5, 0.6) is 23.0 Å². The minimum atomic E-state index is -0.404. The number of rotatable bonds is 5. The van der Waals surface area contributed by atoms with Gasteiger partial charge in [-0.2, -0.15) is 0 Å². The monoisotopic (exact) mass is 433 g/mol. The van der Waals surface area contributed by atoms with Crippen molar-refractivity contribution in [3.63, 3.8) is 0 Å². The zero-order chi connectivity index (χ0) is 20.5. The van der Waals surface area contributed by atoms with E-state index in [-0.39, 0.29) is 18.6 Å². The molecule has 0 spiro atoms. The lowest BCUT2D eigenvalue weighted by Gasteiger charge is -2.14. The van der Waals surface area contributed by atoms with Gasteiger partial charge in [0.1, 0.15) is 0 Å². The molecule has 2 heterocycles. The Bertz CT molecular complexity index is 1040. The zero-order valence-electron chi connectivity index (χ0n) is 15.6. The van der Waals surface area contributed by atoms with Gasteiger partial charge in [-0.1, -0.05) is 23.7 Å². The van der Waals surface area contributed by atoms with Crippen molar-refractivity contribution >= 4 is 40.6 Å². The van der Waals surface area contributed by atoms with Crippen LogP contribution >= 0.6 is 23.4 Å². The van der Waals surface area contributed by atoms with E-state index >= 15 is 0 Å². The number of benzene rings is 2. The van der Waals surface area contributed by atoms with Crippen LogP contribution in [-0.2, 0) is 11.3 Å². The Kier molecular flexibility index (Phi) is 5.29. The summed E-state index contributed by atoms with van der Waals surface area (Å²) in [5.41, 5.74) is 1.23. The lowest BCUT2D eigenvalue weighted by Crippen LogP contribution is -2.27. The summed E-state index contributed by atoms with van der Waals surface area (Å²) in [6, 6.07) is 8.62. The molecule has 2 aromatic carbocycles. The SMILES string of the molecule is COc1cccc(/C=C2/SC(=O)N(Cc3cc4c(cc3Cl)OCO4)C2=O)c1OC. The first-order valence-electron chi connectivity index (χ1n) is 8.56. The Morgan fingerprint density at radius 3 is 2.66 bits per heavy atom. The van der Waals surface area contributed by atoms with Crippen LogP contribution in [0.4, 0.5) is 4.79 Å². The average molecular weight is 434 g/mol. The summed E-state index contributed by atoms with van der Waals surface area (Å²) in [4.78, 5) is 26.8. The summed E-state index contributed by atoms with van der Waals surface area (Å²) < 4.78 is 21.3. The summed E-state index contributed by atoms with van der Waals surface area (Å²) in [6.07, 6.45) is 1.62. The summed E-state index contributed by atoms with van der Waals surface area (Å²) in [5.74, 6) is 1.69. The van der Waals surface area contributed by atoms with Crippen molar-refractivity contribution in [2.45, 2.75) is 6.54 Å². The molecule has 0 aliphatic carbocycles. The number of carbonyl (C=O) groups is 2. The van der Waals surface area contributed by atoms with Gasteiger partial charge in [0, 0.05) is 16.7 Å². The number of methoxy groups -OCH3 is 2. The first-order valence-corrected chi connectivity index (χ1v) is 9.75. The largest absolute Gasteiger partial charge is 0.493 e. The van der Waals surface area contributed by atoms with Crippen LogP contribution in [0.1, 0.15) is 11.1 Å². The quantitative estimate of drug-likeness (QED) is 0.650. The predicted molar refractivity (Wildman–Crippen MR) is 109 cm³/mol. The Balaban J connectivity index is 1.61. The second kappa shape index (κ2) is 7.88. The first-order chi connectivity index (χ1) is 14.0. The van der Waals surface area contributed by atoms with Crippen molar-refractivity contribution in [1.29, 1.82) is 0 Å². The number of halogens is 1. The molecule has 9 heteroatoms. The van der Waals surface area contributed by atoms with Gasteiger partial charge in [-0.15, -0.1) is 0 Å². The van der Waals surface area contributed by atoms with Crippen LogP contribution in [0.15, 0.2) is 35.2 Å². The average Bonchev–Trinajstić information content (AvgIpc) is 3.27. The van der Waals surface area contributed by atoms with Gasteiger partial charge in [-0.05, 0) is 35.5 Å². The standard InChI is InChI=1S/C20H16ClNO6S/c1-25-14-5-3-4-11(18(14)26-2)7-17-19(23)22(20(24)29-17)9-12-6-15-16(8-13(12)21)28-10-27-15/h3-8H,9-10H2,1-2H3/b17-7+. The van der Waals surface area contributed by atoms with Crippen molar-refractivity contribution in [2.75, 3.05) is 21.0 Å². The molecule has 0 unspecified atom stereocenters. The third-order valence-electron chi connectivity index (χ3n) is 4.46. The smallest absolute Gasteiger partial charge is 0.293 e. The van der Waals surface area contributed by atoms with E-state index in [0.717, 1.165) is 16.7 Å². The minimum Gasteiger partial charge on any atom is -0.493 e. The maximum Gasteiger partial charge on any atom is 0.293 e. The molecule has 0 aromatic heterocycles. The molecule has 4 rings (SSSR count). The van der Waals surface area contributed by atoms with Crippen LogP contribution in [-0.4, -0.2) is 37.1 Å². The summed E-state index contributed by atoms with van der Waals surface area (Å²) >= 11 is 7.15. The van der Waals surface area contributed by atoms with E-state index in [4.69, 9.17) is 30.5 Å². The Hall–Kier alpha value is -2.84. The number of amides is 2. The molecular weight excluding hydrogens is 418 g/mol. The third kappa shape index (κ3) is 3.61. The lowest BCUT2D eigenvalue weighted by atomic mass is 10.1. The molecule has 2 amide bonds. The van der Waals surface area contributed by atoms with Gasteiger partial charge in [0.05, 0.1) is 25.7 Å². The van der Waals surface area contributed by atoms with E-state index in [1.54, 1.807) is 36.4 Å². The molecule has 0 atom stereocenters. The number of fused-ring (bicyclic) bond motifs is 1. The highest BCUT2D eigenvalue weighted by atomic mass is 35.5. The second-order valence-corrected chi connectivity index (χ2v) is 7.55. The number of hydrogen-bond acceptors (Lipinski definition) is 7. The molecule has 1 saturated heterocycles. The minimum absolute atomic E-state index is 0.0345. The molecule has 1 fully saturated rings. The number of para-hydroxylation sites is 1. The van der Waals surface area contributed by atoms with E-state index in [1.165, 1.54) is 14.2 Å². The number of nitrogens with zero attached hydrogens (tertiary/aromatic N) is 1. The highest BCUT2D eigenvalue weighted by Crippen LogP contribution is 2.40. The lowest BCUT2D eigenvalue weighted by molar-refractivity contribution is -0.123. The fourth-order valence-corrected chi connectivity index (χ4v) is 4.10. The van der Waals surface area contributed by atoms with E-state index in [2.05, 4.69) is 0 Å². The van der Waals surface area contributed by atoms with Gasteiger partial charge in [0.15, 0.2) is 23.0 Å². The molecule has 2 aromatic rings. The molecular formula is C20H16ClNO6S. The Morgan fingerprint density at radius 2 is 1.93 bits per heavy atom. The highest BCUT2D eigenvalue weighted by molar-refractivity contribution is 8.18. The Labute approximate surface area is 176 Å². The third-order valence-corrected chi connectivity index (χ3v) is 5.72. The van der Waals surface area contributed by atoms with Gasteiger partial charge < -0.3 is 18.9 Å². The molecule has 0 bridgehead atoms. The molecule has 0 N–H and O–H groups in total.